The van der Waals surface area contributed by atoms with E-state index in [1.807, 2.05) is 18.5 Å². The molecule has 0 bridgehead atoms. The van der Waals surface area contributed by atoms with Crippen LogP contribution in [-0.4, -0.2) is 9.97 Å². The maximum Gasteiger partial charge on any atom is 0.131 e. The van der Waals surface area contributed by atoms with Gasteiger partial charge in [-0.05, 0) is 18.9 Å². The van der Waals surface area contributed by atoms with E-state index in [2.05, 4.69) is 23.8 Å². The first-order valence-corrected chi connectivity index (χ1v) is 8.65. The summed E-state index contributed by atoms with van der Waals surface area (Å²) >= 11 is 0. The standard InChI is InChI=1S/C18H32N2/c1-3-5-7-9-11-14-17(13-10-8-6-4-2)18-19-15-12-16-20-18/h12,15-17H,3-11,13-14H2,1-2H3. The average molecular weight is 276 g/mol. The third kappa shape index (κ3) is 7.62. The van der Waals surface area contributed by atoms with Gasteiger partial charge in [-0.3, -0.25) is 0 Å². The van der Waals surface area contributed by atoms with Gasteiger partial charge in [0.25, 0.3) is 0 Å². The second-order valence-electron chi connectivity index (χ2n) is 5.86. The van der Waals surface area contributed by atoms with Gasteiger partial charge >= 0.3 is 0 Å². The smallest absolute Gasteiger partial charge is 0.131 e. The summed E-state index contributed by atoms with van der Waals surface area (Å²) in [5, 5.41) is 0. The van der Waals surface area contributed by atoms with Gasteiger partial charge in [0.05, 0.1) is 0 Å². The van der Waals surface area contributed by atoms with Crippen LogP contribution in [0.3, 0.4) is 0 Å². The first kappa shape index (κ1) is 17.1. The molecule has 0 aliphatic carbocycles. The zero-order chi connectivity index (χ0) is 14.5. The van der Waals surface area contributed by atoms with Crippen molar-refractivity contribution in [1.82, 2.24) is 9.97 Å². The minimum Gasteiger partial charge on any atom is -0.241 e. The van der Waals surface area contributed by atoms with Gasteiger partial charge in [-0.1, -0.05) is 71.6 Å². The Balaban J connectivity index is 2.35. The molecule has 0 spiro atoms. The predicted molar refractivity (Wildman–Crippen MR) is 86.9 cm³/mol. The SMILES string of the molecule is CCCCCCCC(CCCCCC)c1ncccn1. The van der Waals surface area contributed by atoms with E-state index in [0.29, 0.717) is 5.92 Å². The molecule has 0 aliphatic heterocycles. The molecule has 2 heteroatoms. The summed E-state index contributed by atoms with van der Waals surface area (Å²) in [7, 11) is 0. The maximum absolute atomic E-state index is 4.48. The first-order valence-electron chi connectivity index (χ1n) is 8.65. The van der Waals surface area contributed by atoms with Crippen LogP contribution in [0.25, 0.3) is 0 Å². The molecule has 1 rings (SSSR count). The van der Waals surface area contributed by atoms with Crippen LogP contribution in [0.2, 0.25) is 0 Å². The van der Waals surface area contributed by atoms with Crippen LogP contribution in [0, 0.1) is 0 Å². The highest BCUT2D eigenvalue weighted by Crippen LogP contribution is 2.25. The molecular weight excluding hydrogens is 244 g/mol. The minimum absolute atomic E-state index is 0.578. The fourth-order valence-corrected chi connectivity index (χ4v) is 2.74. The molecule has 0 saturated carbocycles. The molecule has 20 heavy (non-hydrogen) atoms. The van der Waals surface area contributed by atoms with Crippen molar-refractivity contribution in [3.05, 3.63) is 24.3 Å². The number of hydrogen-bond donors (Lipinski definition) is 0. The van der Waals surface area contributed by atoms with Crippen LogP contribution in [0.4, 0.5) is 0 Å². The molecule has 0 aliphatic rings. The molecule has 1 unspecified atom stereocenters. The van der Waals surface area contributed by atoms with E-state index in [-0.39, 0.29) is 0 Å². The minimum atomic E-state index is 0.578. The van der Waals surface area contributed by atoms with Crippen LogP contribution in [-0.2, 0) is 0 Å². The summed E-state index contributed by atoms with van der Waals surface area (Å²) in [6.45, 7) is 4.54. The van der Waals surface area contributed by atoms with Crippen LogP contribution in [0.15, 0.2) is 18.5 Å². The summed E-state index contributed by atoms with van der Waals surface area (Å²) in [6, 6.07) is 1.92. The van der Waals surface area contributed by atoms with Crippen molar-refractivity contribution < 1.29 is 0 Å². The first-order chi connectivity index (χ1) is 9.88. The van der Waals surface area contributed by atoms with Crippen molar-refractivity contribution in [2.24, 2.45) is 0 Å². The zero-order valence-electron chi connectivity index (χ0n) is 13.5. The molecule has 0 radical (unpaired) electrons. The van der Waals surface area contributed by atoms with Gasteiger partial charge in [0.2, 0.25) is 0 Å². The second-order valence-corrected chi connectivity index (χ2v) is 5.86. The molecule has 0 amide bonds. The summed E-state index contributed by atoms with van der Waals surface area (Å²) in [6.07, 6.45) is 18.4. The highest BCUT2D eigenvalue weighted by atomic mass is 14.9. The Morgan fingerprint density at radius 3 is 1.80 bits per heavy atom. The number of hydrogen-bond acceptors (Lipinski definition) is 2. The summed E-state index contributed by atoms with van der Waals surface area (Å²) in [5.41, 5.74) is 0. The Morgan fingerprint density at radius 1 is 0.750 bits per heavy atom. The average Bonchev–Trinajstić information content (AvgIpc) is 2.50. The van der Waals surface area contributed by atoms with Crippen molar-refractivity contribution in [2.75, 3.05) is 0 Å². The van der Waals surface area contributed by atoms with Gasteiger partial charge in [0.15, 0.2) is 0 Å². The lowest BCUT2D eigenvalue weighted by molar-refractivity contribution is 0.477. The third-order valence-corrected chi connectivity index (χ3v) is 4.01. The molecule has 1 atom stereocenters. The van der Waals surface area contributed by atoms with Gasteiger partial charge in [-0.25, -0.2) is 9.97 Å². The van der Waals surface area contributed by atoms with E-state index in [4.69, 9.17) is 0 Å². The maximum atomic E-state index is 4.48. The molecular formula is C18H32N2. The Bertz CT molecular complexity index is 310. The van der Waals surface area contributed by atoms with E-state index in [9.17, 15) is 0 Å². The monoisotopic (exact) mass is 276 g/mol. The van der Waals surface area contributed by atoms with E-state index in [1.54, 1.807) is 0 Å². The van der Waals surface area contributed by atoms with Gasteiger partial charge < -0.3 is 0 Å². The van der Waals surface area contributed by atoms with E-state index in [0.717, 1.165) is 5.82 Å². The van der Waals surface area contributed by atoms with Gasteiger partial charge in [-0.15, -0.1) is 0 Å². The number of rotatable bonds is 12. The van der Waals surface area contributed by atoms with E-state index >= 15 is 0 Å². The topological polar surface area (TPSA) is 25.8 Å². The lowest BCUT2D eigenvalue weighted by atomic mass is 9.93. The van der Waals surface area contributed by atoms with Crippen LogP contribution in [0.1, 0.15) is 96.2 Å². The second kappa shape index (κ2) is 11.9. The molecule has 1 aromatic heterocycles. The Labute approximate surface area is 125 Å². The van der Waals surface area contributed by atoms with Crippen LogP contribution in [0.5, 0.6) is 0 Å². The lowest BCUT2D eigenvalue weighted by Gasteiger charge is -2.15. The molecule has 2 nitrogen and oxygen atoms in total. The van der Waals surface area contributed by atoms with Crippen molar-refractivity contribution in [1.29, 1.82) is 0 Å². The van der Waals surface area contributed by atoms with Gasteiger partial charge in [-0.2, -0.15) is 0 Å². The van der Waals surface area contributed by atoms with Gasteiger partial charge in [0, 0.05) is 18.3 Å². The van der Waals surface area contributed by atoms with Gasteiger partial charge in [0.1, 0.15) is 5.82 Å². The lowest BCUT2D eigenvalue weighted by Crippen LogP contribution is -2.04. The molecule has 0 fully saturated rings. The fourth-order valence-electron chi connectivity index (χ4n) is 2.74. The third-order valence-electron chi connectivity index (χ3n) is 4.01. The van der Waals surface area contributed by atoms with Crippen molar-refractivity contribution in [2.45, 2.75) is 90.4 Å². The molecule has 114 valence electrons. The Hall–Kier alpha value is -0.920. The molecule has 1 heterocycles. The Morgan fingerprint density at radius 2 is 1.25 bits per heavy atom. The van der Waals surface area contributed by atoms with Crippen molar-refractivity contribution in [3.63, 3.8) is 0 Å². The fraction of sp³-hybridized carbons (Fsp3) is 0.778. The quantitative estimate of drug-likeness (QED) is 0.445. The molecule has 1 aromatic rings. The highest BCUT2D eigenvalue weighted by Gasteiger charge is 2.13. The largest absolute Gasteiger partial charge is 0.241 e. The van der Waals surface area contributed by atoms with E-state index < -0.39 is 0 Å². The predicted octanol–water partition coefficient (Wildman–Crippen LogP) is 5.89. The summed E-state index contributed by atoms with van der Waals surface area (Å²) in [5.74, 6) is 1.65. The zero-order valence-corrected chi connectivity index (χ0v) is 13.5. The molecule has 0 saturated heterocycles. The number of unbranched alkanes of at least 4 members (excludes halogenated alkanes) is 7. The van der Waals surface area contributed by atoms with Crippen LogP contribution < -0.4 is 0 Å². The number of nitrogens with zero attached hydrogens (tertiary/aromatic N) is 2. The molecule has 0 aromatic carbocycles. The Kier molecular flexibility index (Phi) is 10.2. The summed E-state index contributed by atoms with van der Waals surface area (Å²) in [4.78, 5) is 8.96. The molecule has 0 N–H and O–H groups in total. The normalized spacial score (nSPS) is 12.5. The van der Waals surface area contributed by atoms with Crippen molar-refractivity contribution in [3.8, 4) is 0 Å². The number of aromatic nitrogens is 2. The van der Waals surface area contributed by atoms with Crippen molar-refractivity contribution >= 4 is 0 Å². The highest BCUT2D eigenvalue weighted by molar-refractivity contribution is 4.96. The van der Waals surface area contributed by atoms with E-state index in [1.165, 1.54) is 70.6 Å². The summed E-state index contributed by atoms with van der Waals surface area (Å²) < 4.78 is 0. The van der Waals surface area contributed by atoms with Crippen LogP contribution >= 0.6 is 0 Å².